The molecule has 172 valence electrons. The maximum absolute atomic E-state index is 5.60. The molecule has 2 rings (SSSR count). The lowest BCUT2D eigenvalue weighted by Gasteiger charge is -2.42. The van der Waals surface area contributed by atoms with Crippen LogP contribution in [0.25, 0.3) is 0 Å². The minimum absolute atomic E-state index is 0. The summed E-state index contributed by atoms with van der Waals surface area (Å²) in [5.41, 5.74) is 1.51. The molecule has 0 aromatic heterocycles. The fourth-order valence-electron chi connectivity index (χ4n) is 3.50. The Bertz CT molecular complexity index is 592. The minimum atomic E-state index is 0. The molecule has 1 aromatic carbocycles. The predicted octanol–water partition coefficient (Wildman–Crippen LogP) is 4.37. The molecule has 0 radical (unpaired) electrons. The molecule has 0 atom stereocenters. The van der Waals surface area contributed by atoms with Crippen molar-refractivity contribution in [2.45, 2.75) is 52.5 Å². The molecule has 7 heteroatoms. The zero-order chi connectivity index (χ0) is 20.8. The van der Waals surface area contributed by atoms with Crippen LogP contribution in [0.2, 0.25) is 0 Å². The van der Waals surface area contributed by atoms with Gasteiger partial charge in [-0.3, -0.25) is 0 Å². The van der Waals surface area contributed by atoms with E-state index in [-0.39, 0.29) is 24.0 Å². The first-order valence-electron chi connectivity index (χ1n) is 11.0. The van der Waals surface area contributed by atoms with E-state index in [2.05, 4.69) is 29.7 Å². The van der Waals surface area contributed by atoms with E-state index in [9.17, 15) is 0 Å². The highest BCUT2D eigenvalue weighted by molar-refractivity contribution is 14.0. The van der Waals surface area contributed by atoms with Gasteiger partial charge in [0.15, 0.2) is 5.96 Å². The smallest absolute Gasteiger partial charge is 0.191 e. The van der Waals surface area contributed by atoms with Gasteiger partial charge >= 0.3 is 0 Å². The van der Waals surface area contributed by atoms with E-state index in [1.807, 2.05) is 19.1 Å². The summed E-state index contributed by atoms with van der Waals surface area (Å²) in [6.45, 7) is 9.68. The number of nitrogens with zero attached hydrogens (tertiary/aromatic N) is 1. The van der Waals surface area contributed by atoms with Gasteiger partial charge in [-0.2, -0.15) is 0 Å². The number of ether oxygens (including phenoxy) is 3. The number of nitrogens with one attached hydrogen (secondary N) is 2. The van der Waals surface area contributed by atoms with Gasteiger partial charge in [-0.25, -0.2) is 4.99 Å². The molecule has 30 heavy (non-hydrogen) atoms. The molecule has 0 heterocycles. The first-order valence-corrected chi connectivity index (χ1v) is 11.0. The zero-order valence-electron chi connectivity index (χ0n) is 18.9. The van der Waals surface area contributed by atoms with E-state index in [1.165, 1.54) is 19.3 Å². The Hall–Kier alpha value is -1.06. The second kappa shape index (κ2) is 15.7. The normalized spacial score (nSPS) is 15.1. The van der Waals surface area contributed by atoms with Crippen LogP contribution in [0.3, 0.4) is 0 Å². The third kappa shape index (κ3) is 9.83. The molecule has 0 spiro atoms. The fourth-order valence-corrected chi connectivity index (χ4v) is 3.50. The number of rotatable bonds is 14. The second-order valence-electron chi connectivity index (χ2n) is 7.64. The lowest BCUT2D eigenvalue weighted by Crippen LogP contribution is -2.47. The summed E-state index contributed by atoms with van der Waals surface area (Å²) in [6.07, 6.45) is 5.93. The van der Waals surface area contributed by atoms with Crippen LogP contribution in [0, 0.1) is 5.41 Å². The Morgan fingerprint density at radius 1 is 1.03 bits per heavy atom. The first kappa shape index (κ1) is 27.0. The lowest BCUT2D eigenvalue weighted by atomic mass is 9.67. The van der Waals surface area contributed by atoms with Crippen molar-refractivity contribution in [2.75, 3.05) is 46.6 Å². The van der Waals surface area contributed by atoms with E-state index in [1.54, 1.807) is 7.11 Å². The van der Waals surface area contributed by atoms with Gasteiger partial charge in [0.05, 0.1) is 13.7 Å². The van der Waals surface area contributed by atoms with E-state index in [4.69, 9.17) is 19.2 Å². The molecule has 1 saturated carbocycles. The van der Waals surface area contributed by atoms with Crippen LogP contribution in [0.4, 0.5) is 0 Å². The molecule has 0 bridgehead atoms. The molecular weight excluding hydrogens is 493 g/mol. The van der Waals surface area contributed by atoms with Gasteiger partial charge in [0.2, 0.25) is 0 Å². The summed E-state index contributed by atoms with van der Waals surface area (Å²) in [5, 5.41) is 7.05. The van der Waals surface area contributed by atoms with Crippen molar-refractivity contribution in [3.63, 3.8) is 0 Å². The Labute approximate surface area is 199 Å². The highest BCUT2D eigenvalue weighted by atomic mass is 127. The van der Waals surface area contributed by atoms with Crippen molar-refractivity contribution in [2.24, 2.45) is 10.4 Å². The molecule has 1 aromatic rings. The van der Waals surface area contributed by atoms with E-state index < -0.39 is 0 Å². The number of guanidine groups is 1. The number of halogens is 1. The van der Waals surface area contributed by atoms with Gasteiger partial charge in [0.25, 0.3) is 0 Å². The van der Waals surface area contributed by atoms with E-state index >= 15 is 0 Å². The summed E-state index contributed by atoms with van der Waals surface area (Å²) in [4.78, 5) is 4.81. The van der Waals surface area contributed by atoms with Crippen molar-refractivity contribution < 1.29 is 14.2 Å². The molecule has 1 fully saturated rings. The molecule has 1 aliphatic carbocycles. The van der Waals surface area contributed by atoms with Crippen LogP contribution >= 0.6 is 24.0 Å². The average Bonchev–Trinajstić information content (AvgIpc) is 2.72. The molecule has 6 nitrogen and oxygen atoms in total. The highest BCUT2D eigenvalue weighted by Gasteiger charge is 2.36. The standard InChI is InChI=1S/C23H39N3O3.HI/c1-4-28-16-7-15-24-22(25-18-20-8-10-21(27-3)11-9-20)26-19-23(12-6-13-23)14-17-29-5-2;/h8-11H,4-7,12-19H2,1-3H3,(H2,24,25,26);1H. The van der Waals surface area contributed by atoms with Crippen LogP contribution in [0.1, 0.15) is 51.5 Å². The topological polar surface area (TPSA) is 64.1 Å². The molecular formula is C23H40IN3O3. The molecule has 2 N–H and O–H groups in total. The summed E-state index contributed by atoms with van der Waals surface area (Å²) < 4.78 is 16.3. The van der Waals surface area contributed by atoms with Gasteiger partial charge in [-0.1, -0.05) is 18.6 Å². The molecule has 0 aliphatic heterocycles. The van der Waals surface area contributed by atoms with Gasteiger partial charge in [0, 0.05) is 39.5 Å². The minimum Gasteiger partial charge on any atom is -0.497 e. The zero-order valence-corrected chi connectivity index (χ0v) is 21.2. The van der Waals surface area contributed by atoms with Crippen molar-refractivity contribution in [1.82, 2.24) is 10.6 Å². The van der Waals surface area contributed by atoms with Gasteiger partial charge in [0.1, 0.15) is 5.75 Å². The summed E-state index contributed by atoms with van der Waals surface area (Å²) in [7, 11) is 1.68. The molecule has 0 saturated heterocycles. The third-order valence-electron chi connectivity index (χ3n) is 5.57. The molecule has 0 amide bonds. The van der Waals surface area contributed by atoms with E-state index in [0.717, 1.165) is 69.6 Å². The molecule has 0 unspecified atom stereocenters. The highest BCUT2D eigenvalue weighted by Crippen LogP contribution is 2.43. The number of benzene rings is 1. The number of hydrogen-bond donors (Lipinski definition) is 2. The van der Waals surface area contributed by atoms with Crippen LogP contribution in [-0.2, 0) is 16.0 Å². The summed E-state index contributed by atoms with van der Waals surface area (Å²) in [5.74, 6) is 1.74. The Morgan fingerprint density at radius 2 is 1.73 bits per heavy atom. The van der Waals surface area contributed by atoms with Crippen LogP contribution in [0.15, 0.2) is 29.3 Å². The van der Waals surface area contributed by atoms with Crippen molar-refractivity contribution in [1.29, 1.82) is 0 Å². The average molecular weight is 533 g/mol. The van der Waals surface area contributed by atoms with Gasteiger partial charge in [-0.05, 0) is 62.6 Å². The fraction of sp³-hybridized carbons (Fsp3) is 0.696. The summed E-state index contributed by atoms with van der Waals surface area (Å²) >= 11 is 0. The van der Waals surface area contributed by atoms with Crippen LogP contribution in [-0.4, -0.2) is 52.6 Å². The largest absolute Gasteiger partial charge is 0.497 e. The first-order chi connectivity index (χ1) is 14.2. The Morgan fingerprint density at radius 3 is 2.33 bits per heavy atom. The number of hydrogen-bond acceptors (Lipinski definition) is 4. The van der Waals surface area contributed by atoms with Crippen molar-refractivity contribution in [3.05, 3.63) is 29.8 Å². The van der Waals surface area contributed by atoms with E-state index in [0.29, 0.717) is 12.0 Å². The number of aliphatic imine (C=N–C) groups is 1. The molecule has 1 aliphatic rings. The number of methoxy groups -OCH3 is 1. The summed E-state index contributed by atoms with van der Waals surface area (Å²) in [6, 6.07) is 8.07. The second-order valence-corrected chi connectivity index (χ2v) is 7.64. The Kier molecular flexibility index (Phi) is 14.1. The lowest BCUT2D eigenvalue weighted by molar-refractivity contribution is 0.0572. The van der Waals surface area contributed by atoms with Crippen molar-refractivity contribution >= 4 is 29.9 Å². The third-order valence-corrected chi connectivity index (χ3v) is 5.57. The van der Waals surface area contributed by atoms with Gasteiger partial charge in [-0.15, -0.1) is 24.0 Å². The van der Waals surface area contributed by atoms with Crippen molar-refractivity contribution in [3.8, 4) is 5.75 Å². The van der Waals surface area contributed by atoms with Crippen LogP contribution in [0.5, 0.6) is 5.75 Å². The quantitative estimate of drug-likeness (QED) is 0.161. The predicted molar refractivity (Wildman–Crippen MR) is 134 cm³/mol. The SMILES string of the molecule is CCOCCCNC(=NCc1ccc(OC)cc1)NCC1(CCOCC)CCC1.I. The van der Waals surface area contributed by atoms with Gasteiger partial charge < -0.3 is 24.8 Å². The monoisotopic (exact) mass is 533 g/mol. The van der Waals surface area contributed by atoms with Crippen LogP contribution < -0.4 is 15.4 Å². The Balaban J connectivity index is 0.00000450. The maximum Gasteiger partial charge on any atom is 0.191 e. The maximum atomic E-state index is 5.60.